The van der Waals surface area contributed by atoms with E-state index in [1.807, 2.05) is 30.3 Å². The molecule has 0 bridgehead atoms. The first-order valence-electron chi connectivity index (χ1n) is 5.13. The minimum atomic E-state index is -0.0325. The molecule has 4 heteroatoms. The van der Waals surface area contributed by atoms with Gasteiger partial charge in [0.15, 0.2) is 0 Å². The quantitative estimate of drug-likeness (QED) is 0.471. The average molecular weight is 224 g/mol. The molecule has 1 heterocycles. The van der Waals surface area contributed by atoms with Crippen molar-refractivity contribution < 1.29 is 0 Å². The maximum absolute atomic E-state index is 7.48. The largest absolute Gasteiger partial charge is 0.382 e. The highest BCUT2D eigenvalue weighted by Crippen LogP contribution is 2.18. The molecule has 0 aliphatic carbocycles. The van der Waals surface area contributed by atoms with Crippen molar-refractivity contribution in [2.75, 3.05) is 0 Å². The maximum atomic E-state index is 7.48. The van der Waals surface area contributed by atoms with Gasteiger partial charge in [0.25, 0.3) is 0 Å². The molecular formula is C13H12N4. The van der Waals surface area contributed by atoms with Gasteiger partial charge in [0.05, 0.1) is 5.69 Å². The molecule has 0 unspecified atom stereocenters. The standard InChI is InChI=1S/C13H12N4/c1-2-8-17-12(13(14)15)9-11(16-17)10-6-4-3-5-7-10/h1,3-7,9H,8H2,(H3,14,15). The van der Waals surface area contributed by atoms with Gasteiger partial charge in [-0.2, -0.15) is 5.10 Å². The van der Waals surface area contributed by atoms with Crippen LogP contribution in [0.15, 0.2) is 36.4 Å². The highest BCUT2D eigenvalue weighted by Gasteiger charge is 2.10. The van der Waals surface area contributed by atoms with E-state index in [2.05, 4.69) is 11.0 Å². The van der Waals surface area contributed by atoms with Gasteiger partial charge >= 0.3 is 0 Å². The van der Waals surface area contributed by atoms with Crippen molar-refractivity contribution in [2.24, 2.45) is 5.73 Å². The first kappa shape index (κ1) is 11.0. The van der Waals surface area contributed by atoms with Gasteiger partial charge in [0.2, 0.25) is 0 Å². The van der Waals surface area contributed by atoms with E-state index in [4.69, 9.17) is 17.6 Å². The number of hydrogen-bond acceptors (Lipinski definition) is 2. The van der Waals surface area contributed by atoms with Gasteiger partial charge in [-0.15, -0.1) is 6.42 Å². The summed E-state index contributed by atoms with van der Waals surface area (Å²) in [6.07, 6.45) is 5.26. The van der Waals surface area contributed by atoms with E-state index in [0.717, 1.165) is 11.3 Å². The second-order valence-electron chi connectivity index (χ2n) is 3.56. The summed E-state index contributed by atoms with van der Waals surface area (Å²) in [4.78, 5) is 0. The fraction of sp³-hybridized carbons (Fsp3) is 0.0769. The Labute approximate surface area is 99.6 Å². The molecule has 1 aromatic heterocycles. The number of aromatic nitrogens is 2. The molecule has 17 heavy (non-hydrogen) atoms. The lowest BCUT2D eigenvalue weighted by atomic mass is 10.1. The van der Waals surface area contributed by atoms with Crippen LogP contribution < -0.4 is 5.73 Å². The van der Waals surface area contributed by atoms with Gasteiger partial charge in [-0.25, -0.2) is 4.68 Å². The summed E-state index contributed by atoms with van der Waals surface area (Å²) in [5.74, 6) is 2.46. The molecule has 0 aliphatic rings. The van der Waals surface area contributed by atoms with Crippen LogP contribution >= 0.6 is 0 Å². The molecule has 84 valence electrons. The highest BCUT2D eigenvalue weighted by atomic mass is 15.3. The third-order valence-electron chi connectivity index (χ3n) is 2.37. The van der Waals surface area contributed by atoms with Crippen LogP contribution in [0.3, 0.4) is 0 Å². The Morgan fingerprint density at radius 1 is 1.41 bits per heavy atom. The number of nitrogens with one attached hydrogen (secondary N) is 1. The van der Waals surface area contributed by atoms with E-state index in [0.29, 0.717) is 12.2 Å². The van der Waals surface area contributed by atoms with Gasteiger partial charge < -0.3 is 5.73 Å². The van der Waals surface area contributed by atoms with Gasteiger partial charge in [-0.05, 0) is 6.07 Å². The lowest BCUT2D eigenvalue weighted by molar-refractivity contribution is 0.710. The predicted octanol–water partition coefficient (Wildman–Crippen LogP) is 1.47. The Morgan fingerprint density at radius 2 is 2.12 bits per heavy atom. The molecule has 2 aromatic rings. The number of nitrogens with zero attached hydrogens (tertiary/aromatic N) is 2. The third-order valence-corrected chi connectivity index (χ3v) is 2.37. The number of nitrogen functional groups attached to an aromatic ring is 1. The lowest BCUT2D eigenvalue weighted by Gasteiger charge is -1.99. The van der Waals surface area contributed by atoms with Crippen molar-refractivity contribution in [1.29, 1.82) is 5.41 Å². The molecule has 0 amide bonds. The molecule has 0 atom stereocenters. The minimum Gasteiger partial charge on any atom is -0.382 e. The Hall–Kier alpha value is -2.54. The van der Waals surface area contributed by atoms with Crippen LogP contribution in [0.2, 0.25) is 0 Å². The zero-order valence-electron chi connectivity index (χ0n) is 9.22. The number of nitrogens with two attached hydrogens (primary N) is 1. The van der Waals surface area contributed by atoms with Crippen LogP contribution in [0, 0.1) is 17.8 Å². The normalized spacial score (nSPS) is 9.82. The van der Waals surface area contributed by atoms with Gasteiger partial charge in [0.1, 0.15) is 18.1 Å². The first-order valence-corrected chi connectivity index (χ1v) is 5.13. The molecule has 3 N–H and O–H groups in total. The Morgan fingerprint density at radius 3 is 2.71 bits per heavy atom. The number of terminal acetylenes is 1. The van der Waals surface area contributed by atoms with E-state index in [9.17, 15) is 0 Å². The number of benzene rings is 1. The molecule has 0 saturated carbocycles. The van der Waals surface area contributed by atoms with Crippen molar-refractivity contribution in [1.82, 2.24) is 9.78 Å². The van der Waals surface area contributed by atoms with Crippen LogP contribution in [-0.2, 0) is 6.54 Å². The van der Waals surface area contributed by atoms with Crippen molar-refractivity contribution in [3.8, 4) is 23.6 Å². The molecule has 0 aliphatic heterocycles. The van der Waals surface area contributed by atoms with Gasteiger partial charge in [-0.3, -0.25) is 5.41 Å². The fourth-order valence-electron chi connectivity index (χ4n) is 1.59. The van der Waals surface area contributed by atoms with Crippen molar-refractivity contribution >= 4 is 5.84 Å². The molecule has 1 aromatic carbocycles. The third kappa shape index (κ3) is 2.18. The topological polar surface area (TPSA) is 67.7 Å². The molecule has 0 spiro atoms. The van der Waals surface area contributed by atoms with Gasteiger partial charge in [0, 0.05) is 5.56 Å². The summed E-state index contributed by atoms with van der Waals surface area (Å²) in [6, 6.07) is 11.5. The summed E-state index contributed by atoms with van der Waals surface area (Å²) >= 11 is 0. The second kappa shape index (κ2) is 4.54. The van der Waals surface area contributed by atoms with E-state index < -0.39 is 0 Å². The van der Waals surface area contributed by atoms with E-state index in [1.165, 1.54) is 0 Å². The fourth-order valence-corrected chi connectivity index (χ4v) is 1.59. The highest BCUT2D eigenvalue weighted by molar-refractivity contribution is 5.94. The lowest BCUT2D eigenvalue weighted by Crippen LogP contribution is -2.17. The van der Waals surface area contributed by atoms with Crippen molar-refractivity contribution in [3.05, 3.63) is 42.1 Å². The van der Waals surface area contributed by atoms with Crippen LogP contribution in [0.25, 0.3) is 11.3 Å². The number of amidine groups is 1. The molecule has 0 radical (unpaired) electrons. The maximum Gasteiger partial charge on any atom is 0.141 e. The predicted molar refractivity (Wildman–Crippen MR) is 67.5 cm³/mol. The molecule has 2 rings (SSSR count). The number of rotatable bonds is 3. The first-order chi connectivity index (χ1) is 8.22. The van der Waals surface area contributed by atoms with Crippen molar-refractivity contribution in [2.45, 2.75) is 6.54 Å². The molecule has 0 saturated heterocycles. The minimum absolute atomic E-state index is 0.0325. The summed E-state index contributed by atoms with van der Waals surface area (Å²) in [7, 11) is 0. The van der Waals surface area contributed by atoms with Crippen molar-refractivity contribution in [3.63, 3.8) is 0 Å². The summed E-state index contributed by atoms with van der Waals surface area (Å²) in [5.41, 5.74) is 7.78. The Kier molecular flexibility index (Phi) is 2.93. The van der Waals surface area contributed by atoms with Crippen LogP contribution in [0.4, 0.5) is 0 Å². The molecular weight excluding hydrogens is 212 g/mol. The van der Waals surface area contributed by atoms with Gasteiger partial charge in [-0.1, -0.05) is 36.3 Å². The van der Waals surface area contributed by atoms with Crippen LogP contribution in [0.5, 0.6) is 0 Å². The smallest absolute Gasteiger partial charge is 0.141 e. The Bertz CT molecular complexity index is 575. The van der Waals surface area contributed by atoms with E-state index in [1.54, 1.807) is 10.7 Å². The Balaban J connectivity index is 2.48. The summed E-state index contributed by atoms with van der Waals surface area (Å²) in [6.45, 7) is 0.307. The summed E-state index contributed by atoms with van der Waals surface area (Å²) < 4.78 is 1.56. The summed E-state index contributed by atoms with van der Waals surface area (Å²) in [5, 5.41) is 11.8. The van der Waals surface area contributed by atoms with Crippen LogP contribution in [0.1, 0.15) is 5.69 Å². The molecule has 4 nitrogen and oxygen atoms in total. The zero-order chi connectivity index (χ0) is 12.3. The molecule has 0 fully saturated rings. The van der Waals surface area contributed by atoms with Crippen LogP contribution in [-0.4, -0.2) is 15.6 Å². The number of hydrogen-bond donors (Lipinski definition) is 2. The average Bonchev–Trinajstić information content (AvgIpc) is 2.75. The second-order valence-corrected chi connectivity index (χ2v) is 3.56. The monoisotopic (exact) mass is 224 g/mol. The SMILES string of the molecule is C#CCn1nc(-c2ccccc2)cc1C(=N)N. The zero-order valence-corrected chi connectivity index (χ0v) is 9.22. The van der Waals surface area contributed by atoms with E-state index in [-0.39, 0.29) is 5.84 Å². The van der Waals surface area contributed by atoms with E-state index >= 15 is 0 Å².